The van der Waals surface area contributed by atoms with Crippen LogP contribution in [-0.2, 0) is 13.0 Å². The van der Waals surface area contributed by atoms with Gasteiger partial charge in [-0.2, -0.15) is 0 Å². The van der Waals surface area contributed by atoms with E-state index in [0.717, 1.165) is 30.6 Å². The summed E-state index contributed by atoms with van der Waals surface area (Å²) in [5.41, 5.74) is 2.54. The second-order valence-electron chi connectivity index (χ2n) is 4.11. The molecule has 0 bridgehead atoms. The van der Waals surface area contributed by atoms with Gasteiger partial charge < -0.3 is 14.7 Å². The highest BCUT2D eigenvalue weighted by molar-refractivity contribution is 5.91. The first-order chi connectivity index (χ1) is 7.61. The number of carboxylic acids is 1. The van der Waals surface area contributed by atoms with E-state index in [2.05, 4.69) is 11.9 Å². The van der Waals surface area contributed by atoms with Crippen molar-refractivity contribution in [2.24, 2.45) is 0 Å². The predicted molar refractivity (Wildman–Crippen MR) is 60.0 cm³/mol. The Morgan fingerprint density at radius 2 is 2.19 bits per heavy atom. The fraction of sp³-hybridized carbons (Fsp3) is 0.417. The van der Waals surface area contributed by atoms with Crippen molar-refractivity contribution in [1.82, 2.24) is 4.90 Å². The summed E-state index contributed by atoms with van der Waals surface area (Å²) < 4.78 is 5.11. The third-order valence-electron chi connectivity index (χ3n) is 2.96. The quantitative estimate of drug-likeness (QED) is 0.819. The number of carbonyl (C=O) groups is 1. The summed E-state index contributed by atoms with van der Waals surface area (Å²) in [5, 5.41) is 9.06. The summed E-state index contributed by atoms with van der Waals surface area (Å²) >= 11 is 0. The number of nitrogens with zero attached hydrogens (tertiary/aromatic N) is 1. The Kier molecular flexibility index (Phi) is 2.83. The summed E-state index contributed by atoms with van der Waals surface area (Å²) in [4.78, 5) is 13.3. The second-order valence-corrected chi connectivity index (χ2v) is 4.11. The first kappa shape index (κ1) is 11.0. The van der Waals surface area contributed by atoms with Gasteiger partial charge in [0.2, 0.25) is 0 Å². The van der Waals surface area contributed by atoms with E-state index in [9.17, 15) is 4.79 Å². The van der Waals surface area contributed by atoms with Crippen LogP contribution in [0.15, 0.2) is 12.1 Å². The van der Waals surface area contributed by atoms with Gasteiger partial charge in [-0.3, -0.25) is 0 Å². The summed E-state index contributed by atoms with van der Waals surface area (Å²) in [6.45, 7) is 1.82. The molecule has 2 rings (SSSR count). The Morgan fingerprint density at radius 3 is 2.81 bits per heavy atom. The third-order valence-corrected chi connectivity index (χ3v) is 2.96. The maximum Gasteiger partial charge on any atom is 0.339 e. The molecule has 16 heavy (non-hydrogen) atoms. The zero-order valence-corrected chi connectivity index (χ0v) is 9.49. The van der Waals surface area contributed by atoms with Crippen LogP contribution in [0.3, 0.4) is 0 Å². The van der Waals surface area contributed by atoms with Crippen LogP contribution in [0.2, 0.25) is 0 Å². The molecule has 86 valence electrons. The smallest absolute Gasteiger partial charge is 0.339 e. The molecule has 0 radical (unpaired) electrons. The number of rotatable bonds is 2. The van der Waals surface area contributed by atoms with E-state index in [1.165, 1.54) is 7.11 Å². The molecule has 4 nitrogen and oxygen atoms in total. The van der Waals surface area contributed by atoms with Crippen molar-refractivity contribution in [2.75, 3.05) is 20.7 Å². The molecular weight excluding hydrogens is 206 g/mol. The molecule has 0 aliphatic carbocycles. The summed E-state index contributed by atoms with van der Waals surface area (Å²) in [7, 11) is 3.56. The number of hydrogen-bond acceptors (Lipinski definition) is 3. The Hall–Kier alpha value is -1.55. The Bertz CT molecular complexity index is 429. The molecule has 0 saturated heterocycles. The van der Waals surface area contributed by atoms with Crippen LogP contribution in [0.1, 0.15) is 21.5 Å². The van der Waals surface area contributed by atoms with Gasteiger partial charge in [0.15, 0.2) is 0 Å². The van der Waals surface area contributed by atoms with E-state index >= 15 is 0 Å². The Labute approximate surface area is 94.4 Å². The lowest BCUT2D eigenvalue weighted by molar-refractivity contribution is 0.0693. The van der Waals surface area contributed by atoms with Gasteiger partial charge in [0, 0.05) is 13.1 Å². The van der Waals surface area contributed by atoms with Crippen molar-refractivity contribution in [1.29, 1.82) is 0 Å². The Morgan fingerprint density at radius 1 is 1.44 bits per heavy atom. The lowest BCUT2D eigenvalue weighted by Gasteiger charge is -2.25. The van der Waals surface area contributed by atoms with Gasteiger partial charge in [0.25, 0.3) is 0 Å². The number of fused-ring (bicyclic) bond motifs is 1. The van der Waals surface area contributed by atoms with Gasteiger partial charge in [0.05, 0.1) is 7.11 Å². The molecule has 1 N–H and O–H groups in total. The average molecular weight is 221 g/mol. The molecular formula is C12H15NO3. The molecule has 1 aliphatic rings. The average Bonchev–Trinajstić information content (AvgIpc) is 2.26. The Balaban J connectivity index is 2.48. The molecule has 0 atom stereocenters. The molecule has 1 heterocycles. The number of aromatic carboxylic acids is 1. The highest BCUT2D eigenvalue weighted by atomic mass is 16.5. The van der Waals surface area contributed by atoms with Crippen molar-refractivity contribution >= 4 is 5.97 Å². The first-order valence-electron chi connectivity index (χ1n) is 5.23. The fourth-order valence-corrected chi connectivity index (χ4v) is 2.06. The van der Waals surface area contributed by atoms with E-state index in [0.29, 0.717) is 5.75 Å². The molecule has 1 aromatic carbocycles. The SMILES string of the molecule is COc1cc2c(cc1C(=O)O)CCN(C)C2. The standard InChI is InChI=1S/C12H15NO3/c1-13-4-3-8-5-10(12(14)15)11(16-2)6-9(8)7-13/h5-6H,3-4,7H2,1-2H3,(H,14,15). The van der Waals surface area contributed by atoms with Crippen molar-refractivity contribution < 1.29 is 14.6 Å². The highest BCUT2D eigenvalue weighted by Crippen LogP contribution is 2.27. The van der Waals surface area contributed by atoms with Gasteiger partial charge in [-0.15, -0.1) is 0 Å². The van der Waals surface area contributed by atoms with Crippen LogP contribution >= 0.6 is 0 Å². The molecule has 0 unspecified atom stereocenters. The minimum Gasteiger partial charge on any atom is -0.496 e. The summed E-state index contributed by atoms with van der Waals surface area (Å²) in [5.74, 6) is -0.486. The van der Waals surface area contributed by atoms with Gasteiger partial charge in [-0.1, -0.05) is 0 Å². The fourth-order valence-electron chi connectivity index (χ4n) is 2.06. The van der Waals surface area contributed by atoms with Gasteiger partial charge in [-0.25, -0.2) is 4.79 Å². The molecule has 4 heteroatoms. The van der Waals surface area contributed by atoms with Gasteiger partial charge in [0.1, 0.15) is 11.3 Å². The third kappa shape index (κ3) is 1.88. The highest BCUT2D eigenvalue weighted by Gasteiger charge is 2.19. The van der Waals surface area contributed by atoms with E-state index in [1.54, 1.807) is 6.07 Å². The van der Waals surface area contributed by atoms with Crippen molar-refractivity contribution in [3.8, 4) is 5.75 Å². The molecule has 1 aliphatic heterocycles. The molecule has 0 aromatic heterocycles. The number of hydrogen-bond donors (Lipinski definition) is 1. The normalized spacial score (nSPS) is 15.6. The van der Waals surface area contributed by atoms with E-state index in [-0.39, 0.29) is 5.56 Å². The minimum absolute atomic E-state index is 0.255. The van der Waals surface area contributed by atoms with E-state index in [4.69, 9.17) is 9.84 Å². The monoisotopic (exact) mass is 221 g/mol. The number of benzene rings is 1. The van der Waals surface area contributed by atoms with Gasteiger partial charge in [-0.05, 0) is 36.7 Å². The van der Waals surface area contributed by atoms with Crippen molar-refractivity contribution in [2.45, 2.75) is 13.0 Å². The summed E-state index contributed by atoms with van der Waals surface area (Å²) in [6.07, 6.45) is 0.899. The second kappa shape index (κ2) is 4.14. The number of ether oxygens (including phenoxy) is 1. The maximum atomic E-state index is 11.0. The molecule has 0 fully saturated rings. The van der Waals surface area contributed by atoms with E-state index in [1.807, 2.05) is 6.07 Å². The maximum absolute atomic E-state index is 11.0. The molecule has 0 spiro atoms. The van der Waals surface area contributed by atoms with Gasteiger partial charge >= 0.3 is 5.97 Å². The topological polar surface area (TPSA) is 49.8 Å². The molecule has 1 aromatic rings. The predicted octanol–water partition coefficient (Wildman–Crippen LogP) is 1.38. The number of carboxylic acid groups (broad SMARTS) is 1. The lowest BCUT2D eigenvalue weighted by Crippen LogP contribution is -2.26. The van der Waals surface area contributed by atoms with Crippen LogP contribution in [0.4, 0.5) is 0 Å². The lowest BCUT2D eigenvalue weighted by atomic mass is 9.97. The molecule has 0 saturated carbocycles. The van der Waals surface area contributed by atoms with Crippen LogP contribution < -0.4 is 4.74 Å². The van der Waals surface area contributed by atoms with Crippen molar-refractivity contribution in [3.05, 3.63) is 28.8 Å². The van der Waals surface area contributed by atoms with E-state index < -0.39 is 5.97 Å². The summed E-state index contributed by atoms with van der Waals surface area (Å²) in [6, 6.07) is 3.58. The van der Waals surface area contributed by atoms with Crippen LogP contribution in [0.5, 0.6) is 5.75 Å². The number of likely N-dealkylation sites (N-methyl/N-ethyl adjacent to an activating group) is 1. The largest absolute Gasteiger partial charge is 0.496 e. The van der Waals surface area contributed by atoms with Crippen molar-refractivity contribution in [3.63, 3.8) is 0 Å². The zero-order valence-electron chi connectivity index (χ0n) is 9.49. The zero-order chi connectivity index (χ0) is 11.7. The molecule has 0 amide bonds. The first-order valence-corrected chi connectivity index (χ1v) is 5.23. The van der Waals surface area contributed by atoms with Crippen LogP contribution in [-0.4, -0.2) is 36.7 Å². The van der Waals surface area contributed by atoms with Crippen LogP contribution in [0.25, 0.3) is 0 Å². The van der Waals surface area contributed by atoms with Crippen LogP contribution in [0, 0.1) is 0 Å². The minimum atomic E-state index is -0.932. The number of methoxy groups -OCH3 is 1.